The molecule has 68 valence electrons. The molecule has 0 saturated heterocycles. The summed E-state index contributed by atoms with van der Waals surface area (Å²) in [4.78, 5) is 10.9. The maximum absolute atomic E-state index is 4.45. The summed E-state index contributed by atoms with van der Waals surface area (Å²) in [6.45, 7) is 1.97. The molecule has 0 unspecified atom stereocenters. The number of hydrogen-bond acceptors (Lipinski definition) is 1. The van der Waals surface area contributed by atoms with E-state index in [-0.39, 0.29) is 0 Å². The number of benzene rings is 1. The monoisotopic (exact) mass is 184 g/mol. The van der Waals surface area contributed by atoms with Crippen molar-refractivity contribution in [3.8, 4) is 0 Å². The second kappa shape index (κ2) is 2.54. The number of aromatic amines is 2. The largest absolute Gasteiger partial charge is 0.342 e. The van der Waals surface area contributed by atoms with Gasteiger partial charge in [0, 0.05) is 11.5 Å². The highest BCUT2D eigenvalue weighted by atomic mass is 14.9. The van der Waals surface area contributed by atoms with Crippen molar-refractivity contribution in [1.29, 1.82) is 0 Å². The standard InChI is InChI=1S/C11H9N3/c1-7-13-9-5-4-8-3-2-6-12-10(8)11(9)14-7/h2-6H,1H3,(H,13,14)/p+1. The van der Waals surface area contributed by atoms with E-state index in [4.69, 9.17) is 0 Å². The fraction of sp³-hybridized carbons (Fsp3) is 0.0909. The van der Waals surface area contributed by atoms with Crippen LogP contribution in [0.2, 0.25) is 0 Å². The quantitative estimate of drug-likeness (QED) is 0.569. The first-order valence-corrected chi connectivity index (χ1v) is 4.60. The summed E-state index contributed by atoms with van der Waals surface area (Å²) in [5.74, 6) is 0.949. The molecule has 0 fully saturated rings. The number of fused-ring (bicyclic) bond motifs is 3. The number of hydrogen-bond donors (Lipinski definition) is 1. The number of H-pyrrole nitrogens is 2. The van der Waals surface area contributed by atoms with Crippen molar-refractivity contribution in [2.24, 2.45) is 0 Å². The Morgan fingerprint density at radius 3 is 3.14 bits per heavy atom. The minimum absolute atomic E-state index is 0.949. The highest BCUT2D eigenvalue weighted by Gasteiger charge is 2.08. The molecule has 2 aromatic heterocycles. The summed E-state index contributed by atoms with van der Waals surface area (Å²) in [5.41, 5.74) is 3.19. The summed E-state index contributed by atoms with van der Waals surface area (Å²) >= 11 is 0. The smallest absolute Gasteiger partial charge is 0.238 e. The van der Waals surface area contributed by atoms with Crippen LogP contribution in [0, 0.1) is 6.92 Å². The van der Waals surface area contributed by atoms with Crippen LogP contribution in [-0.4, -0.2) is 9.97 Å². The van der Waals surface area contributed by atoms with Gasteiger partial charge < -0.3 is 4.98 Å². The van der Waals surface area contributed by atoms with E-state index < -0.39 is 0 Å². The summed E-state index contributed by atoms with van der Waals surface area (Å²) in [6.07, 6.45) is 1.92. The Bertz CT molecular complexity index is 610. The number of aromatic nitrogens is 3. The zero-order valence-corrected chi connectivity index (χ0v) is 7.83. The Morgan fingerprint density at radius 2 is 2.21 bits per heavy atom. The normalized spacial score (nSPS) is 11.2. The first-order chi connectivity index (χ1) is 6.84. The molecule has 0 amide bonds. The van der Waals surface area contributed by atoms with Crippen LogP contribution < -0.4 is 4.98 Å². The van der Waals surface area contributed by atoms with Gasteiger partial charge in [0.2, 0.25) is 5.52 Å². The van der Waals surface area contributed by atoms with E-state index in [2.05, 4.69) is 33.2 Å². The van der Waals surface area contributed by atoms with Gasteiger partial charge in [0.05, 0.1) is 5.52 Å². The number of nitrogens with one attached hydrogen (secondary N) is 2. The first kappa shape index (κ1) is 7.50. The van der Waals surface area contributed by atoms with Crippen LogP contribution in [0.1, 0.15) is 5.82 Å². The van der Waals surface area contributed by atoms with Gasteiger partial charge in [0.15, 0.2) is 11.7 Å². The van der Waals surface area contributed by atoms with Crippen LogP contribution in [0.3, 0.4) is 0 Å². The van der Waals surface area contributed by atoms with Crippen molar-refractivity contribution in [3.05, 3.63) is 36.3 Å². The van der Waals surface area contributed by atoms with Gasteiger partial charge in [-0.25, -0.2) is 9.97 Å². The second-order valence-electron chi connectivity index (χ2n) is 3.42. The topological polar surface area (TPSA) is 42.8 Å². The van der Waals surface area contributed by atoms with Crippen LogP contribution in [-0.2, 0) is 0 Å². The molecule has 0 radical (unpaired) electrons. The fourth-order valence-electron chi connectivity index (χ4n) is 1.79. The molecule has 0 atom stereocenters. The number of pyridine rings is 1. The SMILES string of the molecule is Cc1nc2c(ccc3ccc[nH+]c32)[nH]1. The zero-order chi connectivity index (χ0) is 9.54. The molecule has 0 aliphatic carbocycles. The number of imidazole rings is 1. The average Bonchev–Trinajstić information content (AvgIpc) is 2.59. The third-order valence-corrected chi connectivity index (χ3v) is 2.40. The molecular weight excluding hydrogens is 174 g/mol. The lowest BCUT2D eigenvalue weighted by Crippen LogP contribution is -2.01. The van der Waals surface area contributed by atoms with E-state index in [1.165, 1.54) is 5.39 Å². The molecular formula is C11H10N3+. The Kier molecular flexibility index (Phi) is 1.36. The molecule has 3 rings (SSSR count). The lowest BCUT2D eigenvalue weighted by Gasteiger charge is -1.90. The molecule has 3 aromatic rings. The molecule has 0 aliphatic heterocycles. The molecule has 0 spiro atoms. The number of aryl methyl sites for hydroxylation is 1. The van der Waals surface area contributed by atoms with Gasteiger partial charge in [0.25, 0.3) is 0 Å². The van der Waals surface area contributed by atoms with Crippen LogP contribution >= 0.6 is 0 Å². The van der Waals surface area contributed by atoms with Gasteiger partial charge in [-0.1, -0.05) is 0 Å². The van der Waals surface area contributed by atoms with Gasteiger partial charge in [0.1, 0.15) is 5.82 Å². The predicted octanol–water partition coefficient (Wildman–Crippen LogP) is 1.84. The molecule has 2 N–H and O–H groups in total. The van der Waals surface area contributed by atoms with E-state index in [1.807, 2.05) is 19.2 Å². The highest BCUT2D eigenvalue weighted by molar-refractivity contribution is 5.99. The van der Waals surface area contributed by atoms with Crippen LogP contribution in [0.15, 0.2) is 30.5 Å². The van der Waals surface area contributed by atoms with Crippen molar-refractivity contribution in [2.45, 2.75) is 6.92 Å². The van der Waals surface area contributed by atoms with E-state index in [0.29, 0.717) is 0 Å². The molecule has 2 heterocycles. The molecule has 3 nitrogen and oxygen atoms in total. The van der Waals surface area contributed by atoms with Crippen LogP contribution in [0.4, 0.5) is 0 Å². The minimum Gasteiger partial charge on any atom is -0.342 e. The molecule has 0 aliphatic rings. The van der Waals surface area contributed by atoms with E-state index in [9.17, 15) is 0 Å². The van der Waals surface area contributed by atoms with E-state index in [1.54, 1.807) is 0 Å². The predicted molar refractivity (Wildman–Crippen MR) is 54.9 cm³/mol. The Balaban J connectivity index is 2.60. The Labute approximate surface area is 80.8 Å². The minimum atomic E-state index is 0.949. The number of rotatable bonds is 0. The summed E-state index contributed by atoms with van der Waals surface area (Å²) < 4.78 is 0. The first-order valence-electron chi connectivity index (χ1n) is 4.60. The second-order valence-corrected chi connectivity index (χ2v) is 3.42. The maximum Gasteiger partial charge on any atom is 0.238 e. The molecule has 0 bridgehead atoms. The van der Waals surface area contributed by atoms with E-state index >= 15 is 0 Å². The molecule has 3 heteroatoms. The van der Waals surface area contributed by atoms with Gasteiger partial charge in [-0.15, -0.1) is 0 Å². The lowest BCUT2D eigenvalue weighted by atomic mass is 10.2. The molecule has 0 saturated carbocycles. The van der Waals surface area contributed by atoms with Gasteiger partial charge in [-0.2, -0.15) is 0 Å². The van der Waals surface area contributed by atoms with Gasteiger partial charge >= 0.3 is 0 Å². The van der Waals surface area contributed by atoms with Crippen molar-refractivity contribution in [2.75, 3.05) is 0 Å². The van der Waals surface area contributed by atoms with Crippen molar-refractivity contribution in [1.82, 2.24) is 9.97 Å². The van der Waals surface area contributed by atoms with Crippen LogP contribution in [0.25, 0.3) is 21.9 Å². The third kappa shape index (κ3) is 0.923. The Hall–Kier alpha value is -1.90. The third-order valence-electron chi connectivity index (χ3n) is 2.40. The highest BCUT2D eigenvalue weighted by Crippen LogP contribution is 2.19. The average molecular weight is 184 g/mol. The Morgan fingerprint density at radius 1 is 1.29 bits per heavy atom. The van der Waals surface area contributed by atoms with Crippen LogP contribution in [0.5, 0.6) is 0 Å². The van der Waals surface area contributed by atoms with Gasteiger partial charge in [-0.3, -0.25) is 0 Å². The zero-order valence-electron chi connectivity index (χ0n) is 7.83. The van der Waals surface area contributed by atoms with Crippen molar-refractivity contribution in [3.63, 3.8) is 0 Å². The summed E-state index contributed by atoms with van der Waals surface area (Å²) in [5, 5.41) is 1.19. The maximum atomic E-state index is 4.45. The van der Waals surface area contributed by atoms with Crippen molar-refractivity contribution >= 4 is 21.9 Å². The lowest BCUT2D eigenvalue weighted by molar-refractivity contribution is -0.343. The van der Waals surface area contributed by atoms with Gasteiger partial charge in [-0.05, 0) is 25.1 Å². The molecule has 14 heavy (non-hydrogen) atoms. The van der Waals surface area contributed by atoms with E-state index in [0.717, 1.165) is 22.4 Å². The fourth-order valence-corrected chi connectivity index (χ4v) is 1.79. The van der Waals surface area contributed by atoms with Crippen molar-refractivity contribution < 1.29 is 4.98 Å². The summed E-state index contributed by atoms with van der Waals surface area (Å²) in [7, 11) is 0. The molecule has 1 aromatic carbocycles. The summed E-state index contributed by atoms with van der Waals surface area (Å²) in [6, 6.07) is 8.22. The number of nitrogens with zero attached hydrogens (tertiary/aromatic N) is 1.